The van der Waals surface area contributed by atoms with Crippen molar-refractivity contribution in [3.05, 3.63) is 22.7 Å². The second-order valence-electron chi connectivity index (χ2n) is 5.12. The zero-order valence-electron chi connectivity index (χ0n) is 11.2. The number of ether oxygens (including phenoxy) is 1. The van der Waals surface area contributed by atoms with Crippen molar-refractivity contribution in [2.45, 2.75) is 45.1 Å². The van der Waals surface area contributed by atoms with Crippen molar-refractivity contribution in [3.63, 3.8) is 0 Å². The van der Waals surface area contributed by atoms with Crippen LogP contribution >= 0.6 is 15.9 Å². The first-order valence-electron chi connectivity index (χ1n) is 6.83. The molecular weight excluding hydrogens is 290 g/mol. The number of anilines is 1. The standard InChI is InChI=1S/C15H22BrNO/c1-3-11-4-6-12(7-5-11)17-15-10-13(18-2)8-9-14(15)16/h8-12,17H,3-7H2,1-2H3. The van der Waals surface area contributed by atoms with Crippen LogP contribution in [0.1, 0.15) is 39.0 Å². The van der Waals surface area contributed by atoms with Gasteiger partial charge in [0.25, 0.3) is 0 Å². The molecule has 0 atom stereocenters. The molecule has 1 fully saturated rings. The van der Waals surface area contributed by atoms with Crippen LogP contribution in [-0.2, 0) is 0 Å². The minimum atomic E-state index is 0.608. The molecule has 0 radical (unpaired) electrons. The van der Waals surface area contributed by atoms with E-state index in [0.717, 1.165) is 21.8 Å². The van der Waals surface area contributed by atoms with Crippen molar-refractivity contribution in [2.24, 2.45) is 5.92 Å². The Balaban J connectivity index is 1.97. The molecule has 0 unspecified atom stereocenters. The molecule has 2 nitrogen and oxygen atoms in total. The smallest absolute Gasteiger partial charge is 0.121 e. The molecule has 1 aliphatic carbocycles. The van der Waals surface area contributed by atoms with Gasteiger partial charge in [0.1, 0.15) is 5.75 Å². The highest BCUT2D eigenvalue weighted by Crippen LogP contribution is 2.32. The molecule has 0 bridgehead atoms. The third-order valence-electron chi connectivity index (χ3n) is 3.96. The maximum Gasteiger partial charge on any atom is 0.121 e. The predicted octanol–water partition coefficient (Wildman–Crippen LogP) is 4.84. The topological polar surface area (TPSA) is 21.3 Å². The Bertz CT molecular complexity index is 386. The van der Waals surface area contributed by atoms with Gasteiger partial charge in [0.05, 0.1) is 12.8 Å². The average molecular weight is 312 g/mol. The second-order valence-corrected chi connectivity index (χ2v) is 5.97. The number of rotatable bonds is 4. The molecule has 1 aromatic carbocycles. The number of methoxy groups -OCH3 is 1. The van der Waals surface area contributed by atoms with Gasteiger partial charge in [0.15, 0.2) is 0 Å². The molecule has 18 heavy (non-hydrogen) atoms. The molecule has 0 aromatic heterocycles. The van der Waals surface area contributed by atoms with Crippen molar-refractivity contribution in [2.75, 3.05) is 12.4 Å². The van der Waals surface area contributed by atoms with Gasteiger partial charge in [-0.3, -0.25) is 0 Å². The Labute approximate surface area is 118 Å². The van der Waals surface area contributed by atoms with Crippen LogP contribution in [0.15, 0.2) is 22.7 Å². The Morgan fingerprint density at radius 1 is 1.28 bits per heavy atom. The van der Waals surface area contributed by atoms with Gasteiger partial charge in [-0.15, -0.1) is 0 Å². The Morgan fingerprint density at radius 2 is 2.00 bits per heavy atom. The molecule has 1 aliphatic rings. The summed E-state index contributed by atoms with van der Waals surface area (Å²) in [5, 5.41) is 3.64. The van der Waals surface area contributed by atoms with Gasteiger partial charge in [-0.2, -0.15) is 0 Å². The van der Waals surface area contributed by atoms with E-state index in [2.05, 4.69) is 34.2 Å². The van der Waals surface area contributed by atoms with E-state index in [1.54, 1.807) is 7.11 Å². The normalized spacial score (nSPS) is 23.7. The lowest BCUT2D eigenvalue weighted by Crippen LogP contribution is -2.26. The SMILES string of the molecule is CCC1CCC(Nc2cc(OC)ccc2Br)CC1. The molecular formula is C15H22BrNO. The zero-order chi connectivity index (χ0) is 13.0. The number of halogens is 1. The molecule has 3 heteroatoms. The van der Waals surface area contributed by atoms with Gasteiger partial charge >= 0.3 is 0 Å². The first-order valence-corrected chi connectivity index (χ1v) is 7.62. The van der Waals surface area contributed by atoms with Gasteiger partial charge in [-0.05, 0) is 59.7 Å². The van der Waals surface area contributed by atoms with Crippen LogP contribution < -0.4 is 10.1 Å². The van der Waals surface area contributed by atoms with E-state index in [1.807, 2.05) is 12.1 Å². The molecule has 1 aromatic rings. The fourth-order valence-corrected chi connectivity index (χ4v) is 3.04. The largest absolute Gasteiger partial charge is 0.497 e. The molecule has 0 aliphatic heterocycles. The highest BCUT2D eigenvalue weighted by atomic mass is 79.9. The van der Waals surface area contributed by atoms with E-state index in [-0.39, 0.29) is 0 Å². The van der Waals surface area contributed by atoms with Gasteiger partial charge < -0.3 is 10.1 Å². The number of hydrogen-bond donors (Lipinski definition) is 1. The van der Waals surface area contributed by atoms with Crippen LogP contribution in [0.5, 0.6) is 5.75 Å². The van der Waals surface area contributed by atoms with Gasteiger partial charge in [0.2, 0.25) is 0 Å². The van der Waals surface area contributed by atoms with E-state index in [1.165, 1.54) is 32.1 Å². The minimum absolute atomic E-state index is 0.608. The fraction of sp³-hybridized carbons (Fsp3) is 0.600. The summed E-state index contributed by atoms with van der Waals surface area (Å²) in [6.45, 7) is 2.30. The van der Waals surface area contributed by atoms with Gasteiger partial charge in [-0.25, -0.2) is 0 Å². The Morgan fingerprint density at radius 3 is 2.61 bits per heavy atom. The summed E-state index contributed by atoms with van der Waals surface area (Å²) in [6.07, 6.45) is 6.60. The summed E-state index contributed by atoms with van der Waals surface area (Å²) < 4.78 is 6.38. The summed E-state index contributed by atoms with van der Waals surface area (Å²) in [5.41, 5.74) is 1.15. The molecule has 100 valence electrons. The highest BCUT2D eigenvalue weighted by molar-refractivity contribution is 9.10. The van der Waals surface area contributed by atoms with Crippen LogP contribution in [0.3, 0.4) is 0 Å². The van der Waals surface area contributed by atoms with Crippen LogP contribution in [0, 0.1) is 5.92 Å². The first-order chi connectivity index (χ1) is 8.72. The highest BCUT2D eigenvalue weighted by Gasteiger charge is 2.20. The molecule has 0 saturated heterocycles. The molecule has 0 heterocycles. The third-order valence-corrected chi connectivity index (χ3v) is 4.65. The van der Waals surface area contributed by atoms with Crippen LogP contribution in [-0.4, -0.2) is 13.2 Å². The summed E-state index contributed by atoms with van der Waals surface area (Å²) in [6, 6.07) is 6.69. The molecule has 0 amide bonds. The summed E-state index contributed by atoms with van der Waals surface area (Å²) >= 11 is 3.59. The minimum Gasteiger partial charge on any atom is -0.497 e. The number of nitrogens with one attached hydrogen (secondary N) is 1. The quantitative estimate of drug-likeness (QED) is 0.859. The Hall–Kier alpha value is -0.700. The molecule has 0 spiro atoms. The zero-order valence-corrected chi connectivity index (χ0v) is 12.8. The van der Waals surface area contributed by atoms with Crippen molar-refractivity contribution >= 4 is 21.6 Å². The Kier molecular flexibility index (Phi) is 4.93. The lowest BCUT2D eigenvalue weighted by atomic mass is 9.84. The first kappa shape index (κ1) is 13.7. The summed E-state index contributed by atoms with van der Waals surface area (Å²) in [4.78, 5) is 0. The van der Waals surface area contributed by atoms with E-state index < -0.39 is 0 Å². The second kappa shape index (κ2) is 6.46. The predicted molar refractivity (Wildman–Crippen MR) is 80.4 cm³/mol. The van der Waals surface area contributed by atoms with E-state index in [0.29, 0.717) is 6.04 Å². The average Bonchev–Trinajstić information content (AvgIpc) is 2.42. The number of benzene rings is 1. The molecule has 2 rings (SSSR count). The van der Waals surface area contributed by atoms with E-state index in [9.17, 15) is 0 Å². The lowest BCUT2D eigenvalue weighted by Gasteiger charge is -2.29. The fourth-order valence-electron chi connectivity index (χ4n) is 2.68. The summed E-state index contributed by atoms with van der Waals surface area (Å²) in [5.74, 6) is 1.85. The molecule has 1 N–H and O–H groups in total. The van der Waals surface area contributed by atoms with Crippen molar-refractivity contribution in [1.29, 1.82) is 0 Å². The third kappa shape index (κ3) is 3.41. The number of hydrogen-bond acceptors (Lipinski definition) is 2. The van der Waals surface area contributed by atoms with Crippen LogP contribution in [0.4, 0.5) is 5.69 Å². The lowest BCUT2D eigenvalue weighted by molar-refractivity contribution is 0.330. The van der Waals surface area contributed by atoms with Crippen LogP contribution in [0.25, 0.3) is 0 Å². The van der Waals surface area contributed by atoms with E-state index in [4.69, 9.17) is 4.74 Å². The maximum absolute atomic E-state index is 5.27. The van der Waals surface area contributed by atoms with Crippen molar-refractivity contribution in [1.82, 2.24) is 0 Å². The summed E-state index contributed by atoms with van der Waals surface area (Å²) in [7, 11) is 1.71. The monoisotopic (exact) mass is 311 g/mol. The van der Waals surface area contributed by atoms with Crippen LogP contribution in [0.2, 0.25) is 0 Å². The maximum atomic E-state index is 5.27. The molecule has 1 saturated carbocycles. The van der Waals surface area contributed by atoms with Gasteiger partial charge in [-0.1, -0.05) is 13.3 Å². The van der Waals surface area contributed by atoms with Crippen molar-refractivity contribution < 1.29 is 4.74 Å². The van der Waals surface area contributed by atoms with E-state index >= 15 is 0 Å². The van der Waals surface area contributed by atoms with Crippen molar-refractivity contribution in [3.8, 4) is 5.75 Å². The van der Waals surface area contributed by atoms with Gasteiger partial charge in [0, 0.05) is 16.6 Å².